The Morgan fingerprint density at radius 3 is 2.61 bits per heavy atom. The van der Waals surface area contributed by atoms with Gasteiger partial charge in [-0.3, -0.25) is 0 Å². The summed E-state index contributed by atoms with van der Waals surface area (Å²) in [5, 5.41) is 13.6. The van der Waals surface area contributed by atoms with Crippen molar-refractivity contribution >= 4 is 23.6 Å². The largest absolute Gasteiger partial charge is 0.479 e. The molecule has 0 heterocycles. The van der Waals surface area contributed by atoms with Crippen molar-refractivity contribution in [1.82, 2.24) is 5.32 Å². The molecular formula is C26H32ClNO3. The van der Waals surface area contributed by atoms with Crippen molar-refractivity contribution in [2.45, 2.75) is 59.8 Å². The number of nitrogens with one attached hydrogen (secondary N) is 1. The maximum atomic E-state index is 11.5. The molecule has 166 valence electrons. The number of aliphatic carboxylic acids is 1. The number of carboxylic acids is 1. The van der Waals surface area contributed by atoms with Gasteiger partial charge in [-0.1, -0.05) is 48.5 Å². The van der Waals surface area contributed by atoms with Crippen molar-refractivity contribution in [3.8, 4) is 0 Å². The SMILES string of the molecule is C=C(NCc1cc(CC(OC(C)C)C(=O)O)ccc1C)/C(C)=C/c1cccc(Cl)c1C. The molecule has 0 spiro atoms. The van der Waals surface area contributed by atoms with Crippen LogP contribution >= 0.6 is 11.6 Å². The van der Waals surface area contributed by atoms with Crippen molar-refractivity contribution < 1.29 is 14.6 Å². The second kappa shape index (κ2) is 11.2. The third-order valence-corrected chi connectivity index (χ3v) is 5.61. The Balaban J connectivity index is 2.09. The van der Waals surface area contributed by atoms with E-state index in [2.05, 4.69) is 18.0 Å². The molecule has 2 aromatic carbocycles. The minimum Gasteiger partial charge on any atom is -0.479 e. The normalized spacial score (nSPS) is 12.7. The van der Waals surface area contributed by atoms with Crippen molar-refractivity contribution in [3.63, 3.8) is 0 Å². The second-order valence-electron chi connectivity index (χ2n) is 8.09. The van der Waals surface area contributed by atoms with Gasteiger partial charge in [0.15, 0.2) is 6.10 Å². The van der Waals surface area contributed by atoms with E-state index >= 15 is 0 Å². The highest BCUT2D eigenvalue weighted by molar-refractivity contribution is 6.31. The number of hydrogen-bond acceptors (Lipinski definition) is 3. The zero-order valence-electron chi connectivity index (χ0n) is 19.0. The molecule has 4 nitrogen and oxygen atoms in total. The van der Waals surface area contributed by atoms with Crippen molar-refractivity contribution in [1.29, 1.82) is 0 Å². The third-order valence-electron chi connectivity index (χ3n) is 5.20. The quantitative estimate of drug-likeness (QED) is 0.438. The Bertz CT molecular complexity index is 979. The standard InChI is InChI=1S/C26H32ClNO3/c1-16(2)31-25(26(29)30)14-21-11-10-17(3)23(13-21)15-28-20(6)18(4)12-22-8-7-9-24(27)19(22)5/h7-13,16,25,28H,6,14-15H2,1-5H3,(H,29,30)/b18-12+. The Labute approximate surface area is 190 Å². The van der Waals surface area contributed by atoms with Crippen molar-refractivity contribution in [2.75, 3.05) is 0 Å². The summed E-state index contributed by atoms with van der Waals surface area (Å²) in [5.74, 6) is -0.945. The number of allylic oxidation sites excluding steroid dienone is 1. The van der Waals surface area contributed by atoms with Gasteiger partial charge < -0.3 is 15.2 Å². The van der Waals surface area contributed by atoms with Crippen LogP contribution in [0.1, 0.15) is 48.6 Å². The van der Waals surface area contributed by atoms with Crippen molar-refractivity contribution in [2.24, 2.45) is 0 Å². The number of carbonyl (C=O) groups is 1. The monoisotopic (exact) mass is 441 g/mol. The average Bonchev–Trinajstić information content (AvgIpc) is 2.70. The molecule has 0 saturated carbocycles. The lowest BCUT2D eigenvalue weighted by Crippen LogP contribution is -2.29. The molecule has 2 N–H and O–H groups in total. The van der Waals surface area contributed by atoms with E-state index in [1.807, 2.05) is 71.0 Å². The van der Waals surface area contributed by atoms with E-state index in [0.29, 0.717) is 13.0 Å². The lowest BCUT2D eigenvalue weighted by atomic mass is 10.0. The van der Waals surface area contributed by atoms with Crippen LogP contribution < -0.4 is 5.32 Å². The molecule has 2 aromatic rings. The highest BCUT2D eigenvalue weighted by Gasteiger charge is 2.20. The van der Waals surface area contributed by atoms with Crippen LogP contribution in [0.5, 0.6) is 0 Å². The fraction of sp³-hybridized carbons (Fsp3) is 0.346. The first-order valence-electron chi connectivity index (χ1n) is 10.4. The Morgan fingerprint density at radius 2 is 1.97 bits per heavy atom. The molecule has 0 aliphatic heterocycles. The van der Waals surface area contributed by atoms with Crippen LogP contribution in [0.3, 0.4) is 0 Å². The van der Waals surface area contributed by atoms with Gasteiger partial charge in [-0.2, -0.15) is 0 Å². The average molecular weight is 442 g/mol. The Hall–Kier alpha value is -2.56. The maximum Gasteiger partial charge on any atom is 0.333 e. The second-order valence-corrected chi connectivity index (χ2v) is 8.50. The van der Waals surface area contributed by atoms with Gasteiger partial charge in [0.2, 0.25) is 0 Å². The van der Waals surface area contributed by atoms with Gasteiger partial charge in [-0.15, -0.1) is 0 Å². The smallest absolute Gasteiger partial charge is 0.333 e. The van der Waals surface area contributed by atoms with E-state index in [0.717, 1.165) is 44.1 Å². The summed E-state index contributed by atoms with van der Waals surface area (Å²) >= 11 is 6.22. The molecule has 5 heteroatoms. The molecule has 0 bridgehead atoms. The number of hydrogen-bond donors (Lipinski definition) is 2. The number of rotatable bonds is 10. The minimum atomic E-state index is -0.945. The molecule has 0 radical (unpaired) electrons. The predicted octanol–water partition coefficient (Wildman–Crippen LogP) is 6.08. The van der Waals surface area contributed by atoms with Crippen LogP contribution in [0.2, 0.25) is 5.02 Å². The van der Waals surface area contributed by atoms with E-state index < -0.39 is 12.1 Å². The Kier molecular flexibility index (Phi) is 8.90. The summed E-state index contributed by atoms with van der Waals surface area (Å²) < 4.78 is 5.54. The number of ether oxygens (including phenoxy) is 1. The maximum absolute atomic E-state index is 11.5. The molecule has 0 saturated heterocycles. The zero-order valence-corrected chi connectivity index (χ0v) is 19.7. The van der Waals surface area contributed by atoms with Crippen LogP contribution in [0.25, 0.3) is 6.08 Å². The lowest BCUT2D eigenvalue weighted by Gasteiger charge is -2.18. The number of benzene rings is 2. The summed E-state index contributed by atoms with van der Waals surface area (Å²) in [6.45, 7) is 14.5. The first-order valence-corrected chi connectivity index (χ1v) is 10.8. The number of aryl methyl sites for hydroxylation is 1. The van der Waals surface area contributed by atoms with Crippen LogP contribution in [0.15, 0.2) is 54.2 Å². The molecule has 1 unspecified atom stereocenters. The van der Waals surface area contributed by atoms with E-state index in [1.54, 1.807) is 0 Å². The van der Waals surface area contributed by atoms with Crippen LogP contribution in [-0.4, -0.2) is 23.3 Å². The van der Waals surface area contributed by atoms with Gasteiger partial charge >= 0.3 is 5.97 Å². The van der Waals surface area contributed by atoms with Crippen molar-refractivity contribution in [3.05, 3.63) is 87.1 Å². The fourth-order valence-electron chi connectivity index (χ4n) is 3.22. The molecular weight excluding hydrogens is 410 g/mol. The topological polar surface area (TPSA) is 58.6 Å². The zero-order chi connectivity index (χ0) is 23.1. The lowest BCUT2D eigenvalue weighted by molar-refractivity contribution is -0.153. The van der Waals surface area contributed by atoms with Gasteiger partial charge in [0.05, 0.1) is 6.10 Å². The molecule has 31 heavy (non-hydrogen) atoms. The third kappa shape index (κ3) is 7.27. The fourth-order valence-corrected chi connectivity index (χ4v) is 3.40. The Morgan fingerprint density at radius 1 is 1.26 bits per heavy atom. The molecule has 0 aliphatic rings. The van der Waals surface area contributed by atoms with E-state index in [4.69, 9.17) is 16.3 Å². The minimum absolute atomic E-state index is 0.145. The molecule has 1 atom stereocenters. The van der Waals surface area contributed by atoms with Gasteiger partial charge in [0, 0.05) is 23.7 Å². The van der Waals surface area contributed by atoms with E-state index in [9.17, 15) is 9.90 Å². The molecule has 0 fully saturated rings. The van der Waals surface area contributed by atoms with Gasteiger partial charge in [0.1, 0.15) is 0 Å². The predicted molar refractivity (Wildman–Crippen MR) is 128 cm³/mol. The summed E-state index contributed by atoms with van der Waals surface area (Å²) in [4.78, 5) is 11.5. The van der Waals surface area contributed by atoms with Gasteiger partial charge in [0.25, 0.3) is 0 Å². The van der Waals surface area contributed by atoms with Crippen LogP contribution in [-0.2, 0) is 22.5 Å². The van der Waals surface area contributed by atoms with E-state index in [-0.39, 0.29) is 6.10 Å². The highest BCUT2D eigenvalue weighted by atomic mass is 35.5. The van der Waals surface area contributed by atoms with Gasteiger partial charge in [-0.25, -0.2) is 4.79 Å². The van der Waals surface area contributed by atoms with Gasteiger partial charge in [-0.05, 0) is 80.2 Å². The summed E-state index contributed by atoms with van der Waals surface area (Å²) in [6.07, 6.45) is 1.40. The van der Waals surface area contributed by atoms with Crippen LogP contribution in [0.4, 0.5) is 0 Å². The first kappa shape index (κ1) is 24.7. The first-order chi connectivity index (χ1) is 14.6. The molecule has 0 aliphatic carbocycles. The molecule has 0 amide bonds. The summed E-state index contributed by atoms with van der Waals surface area (Å²) in [5.41, 5.74) is 7.12. The van der Waals surface area contributed by atoms with Crippen LogP contribution in [0, 0.1) is 13.8 Å². The number of carboxylic acid groups (broad SMARTS) is 1. The summed E-state index contributed by atoms with van der Waals surface area (Å²) in [7, 11) is 0. The molecule has 0 aromatic heterocycles. The highest BCUT2D eigenvalue weighted by Crippen LogP contribution is 2.22. The molecule has 2 rings (SSSR count). The summed E-state index contributed by atoms with van der Waals surface area (Å²) in [6, 6.07) is 11.9. The number of halogens is 1. The van der Waals surface area contributed by atoms with E-state index in [1.165, 1.54) is 0 Å².